The molecule has 0 saturated carbocycles. The van der Waals surface area contributed by atoms with Gasteiger partial charge in [-0.25, -0.2) is 0 Å². The molecule has 1 aliphatic heterocycles. The number of rotatable bonds is 5. The summed E-state index contributed by atoms with van der Waals surface area (Å²) in [6.07, 6.45) is 0. The minimum atomic E-state index is 0.209. The van der Waals surface area contributed by atoms with Crippen LogP contribution in [0.3, 0.4) is 0 Å². The van der Waals surface area contributed by atoms with Gasteiger partial charge in [0, 0.05) is 32.2 Å². The van der Waals surface area contributed by atoms with Gasteiger partial charge in [0.1, 0.15) is 0 Å². The van der Waals surface area contributed by atoms with Crippen molar-refractivity contribution in [2.75, 3.05) is 33.2 Å². The van der Waals surface area contributed by atoms with E-state index in [4.69, 9.17) is 0 Å². The molecular formula is C16H25N3O. The van der Waals surface area contributed by atoms with Crippen LogP contribution in [0.25, 0.3) is 0 Å². The summed E-state index contributed by atoms with van der Waals surface area (Å²) in [4.78, 5) is 16.3. The van der Waals surface area contributed by atoms with Crippen LogP contribution in [0.1, 0.15) is 31.0 Å². The molecule has 1 unspecified atom stereocenters. The minimum Gasteiger partial charge on any atom is -0.342 e. The average molecular weight is 275 g/mol. The first kappa shape index (κ1) is 15.0. The Kier molecular flexibility index (Phi) is 5.15. The van der Waals surface area contributed by atoms with Crippen molar-refractivity contribution in [1.82, 2.24) is 15.1 Å². The normalized spacial score (nSPS) is 17.9. The van der Waals surface area contributed by atoms with Crippen molar-refractivity contribution in [2.24, 2.45) is 0 Å². The Morgan fingerprint density at radius 3 is 2.70 bits per heavy atom. The monoisotopic (exact) mass is 275 g/mol. The standard InChI is InChI=1S/C16H25N3O/c1-4-19(5-2)16(20)12-18(3)15-11-17-10-13-8-6-7-9-14(13)15/h6-9,15,17H,4-5,10-12H2,1-3H3. The summed E-state index contributed by atoms with van der Waals surface area (Å²) in [6.45, 7) is 7.91. The molecule has 20 heavy (non-hydrogen) atoms. The van der Waals surface area contributed by atoms with Gasteiger partial charge in [0.05, 0.1) is 6.54 Å². The van der Waals surface area contributed by atoms with Crippen LogP contribution >= 0.6 is 0 Å². The van der Waals surface area contributed by atoms with E-state index in [0.717, 1.165) is 26.2 Å². The van der Waals surface area contributed by atoms with E-state index in [2.05, 4.69) is 34.5 Å². The predicted octanol–water partition coefficient (Wildman–Crippen LogP) is 1.63. The highest BCUT2D eigenvalue weighted by atomic mass is 16.2. The van der Waals surface area contributed by atoms with Gasteiger partial charge >= 0.3 is 0 Å². The van der Waals surface area contributed by atoms with E-state index in [1.165, 1.54) is 11.1 Å². The van der Waals surface area contributed by atoms with E-state index < -0.39 is 0 Å². The number of hydrogen-bond acceptors (Lipinski definition) is 3. The van der Waals surface area contributed by atoms with Crippen LogP contribution in [-0.2, 0) is 11.3 Å². The number of likely N-dealkylation sites (N-methyl/N-ethyl adjacent to an activating group) is 2. The summed E-state index contributed by atoms with van der Waals surface area (Å²) in [5.41, 5.74) is 2.69. The molecule has 0 radical (unpaired) electrons. The number of fused-ring (bicyclic) bond motifs is 1. The van der Waals surface area contributed by atoms with Crippen LogP contribution in [0.4, 0.5) is 0 Å². The topological polar surface area (TPSA) is 35.6 Å². The zero-order valence-corrected chi connectivity index (χ0v) is 12.7. The minimum absolute atomic E-state index is 0.209. The van der Waals surface area contributed by atoms with Crippen LogP contribution < -0.4 is 5.32 Å². The number of amides is 1. The van der Waals surface area contributed by atoms with Crippen molar-refractivity contribution < 1.29 is 4.79 Å². The number of carbonyl (C=O) groups is 1. The number of hydrogen-bond donors (Lipinski definition) is 1. The van der Waals surface area contributed by atoms with E-state index in [9.17, 15) is 4.79 Å². The summed E-state index contributed by atoms with van der Waals surface area (Å²) in [5, 5.41) is 3.44. The van der Waals surface area contributed by atoms with Crippen LogP contribution in [0.15, 0.2) is 24.3 Å². The first-order chi connectivity index (χ1) is 9.67. The molecule has 0 aromatic heterocycles. The highest BCUT2D eigenvalue weighted by molar-refractivity contribution is 5.78. The zero-order valence-electron chi connectivity index (χ0n) is 12.7. The summed E-state index contributed by atoms with van der Waals surface area (Å²) in [7, 11) is 2.04. The van der Waals surface area contributed by atoms with Gasteiger partial charge in [-0.05, 0) is 32.0 Å². The third kappa shape index (κ3) is 3.19. The summed E-state index contributed by atoms with van der Waals surface area (Å²) < 4.78 is 0. The Bertz CT molecular complexity index is 457. The second-order valence-electron chi connectivity index (χ2n) is 5.33. The maximum absolute atomic E-state index is 12.2. The van der Waals surface area contributed by atoms with E-state index in [1.54, 1.807) is 0 Å². The fraction of sp³-hybridized carbons (Fsp3) is 0.562. The first-order valence-corrected chi connectivity index (χ1v) is 7.43. The molecule has 4 nitrogen and oxygen atoms in total. The molecule has 2 rings (SSSR count). The lowest BCUT2D eigenvalue weighted by molar-refractivity contribution is -0.132. The third-order valence-corrected chi connectivity index (χ3v) is 4.10. The lowest BCUT2D eigenvalue weighted by Crippen LogP contribution is -2.44. The molecule has 4 heteroatoms. The molecule has 1 N–H and O–H groups in total. The van der Waals surface area contributed by atoms with Crippen LogP contribution in [0, 0.1) is 0 Å². The van der Waals surface area contributed by atoms with Crippen LogP contribution in [0.5, 0.6) is 0 Å². The Morgan fingerprint density at radius 2 is 2.00 bits per heavy atom. The summed E-state index contributed by atoms with van der Waals surface area (Å²) in [6, 6.07) is 8.77. The van der Waals surface area contributed by atoms with Crippen LogP contribution in [-0.4, -0.2) is 48.9 Å². The van der Waals surface area contributed by atoms with Gasteiger partial charge < -0.3 is 10.2 Å². The second kappa shape index (κ2) is 6.86. The molecule has 0 spiro atoms. The van der Waals surface area contributed by atoms with Crippen molar-refractivity contribution in [3.05, 3.63) is 35.4 Å². The quantitative estimate of drug-likeness (QED) is 0.887. The van der Waals surface area contributed by atoms with Crippen LogP contribution in [0.2, 0.25) is 0 Å². The van der Waals surface area contributed by atoms with Crippen molar-refractivity contribution in [2.45, 2.75) is 26.4 Å². The fourth-order valence-electron chi connectivity index (χ4n) is 2.87. The predicted molar refractivity (Wildman–Crippen MR) is 81.4 cm³/mol. The van der Waals surface area contributed by atoms with Crippen molar-refractivity contribution in [1.29, 1.82) is 0 Å². The molecule has 1 aromatic rings. The van der Waals surface area contributed by atoms with Gasteiger partial charge in [-0.2, -0.15) is 0 Å². The second-order valence-corrected chi connectivity index (χ2v) is 5.33. The molecule has 1 amide bonds. The average Bonchev–Trinajstić information content (AvgIpc) is 2.47. The number of benzene rings is 1. The molecular weight excluding hydrogens is 250 g/mol. The highest BCUT2D eigenvalue weighted by Gasteiger charge is 2.25. The Labute approximate surface area is 121 Å². The molecule has 1 aromatic carbocycles. The van der Waals surface area contributed by atoms with E-state index >= 15 is 0 Å². The molecule has 0 bridgehead atoms. The van der Waals surface area contributed by atoms with Gasteiger partial charge in [0.2, 0.25) is 5.91 Å². The third-order valence-electron chi connectivity index (χ3n) is 4.10. The Morgan fingerprint density at radius 1 is 1.30 bits per heavy atom. The molecule has 0 fully saturated rings. The van der Waals surface area contributed by atoms with Crippen molar-refractivity contribution >= 4 is 5.91 Å². The van der Waals surface area contributed by atoms with Crippen molar-refractivity contribution in [3.63, 3.8) is 0 Å². The smallest absolute Gasteiger partial charge is 0.236 e. The van der Waals surface area contributed by atoms with E-state index in [1.807, 2.05) is 25.8 Å². The molecule has 110 valence electrons. The molecule has 1 heterocycles. The molecule has 1 aliphatic rings. The van der Waals surface area contributed by atoms with E-state index in [0.29, 0.717) is 6.54 Å². The molecule has 1 atom stereocenters. The van der Waals surface area contributed by atoms with Gasteiger partial charge in [-0.1, -0.05) is 24.3 Å². The first-order valence-electron chi connectivity index (χ1n) is 7.43. The zero-order chi connectivity index (χ0) is 14.5. The largest absolute Gasteiger partial charge is 0.342 e. The maximum Gasteiger partial charge on any atom is 0.236 e. The van der Waals surface area contributed by atoms with E-state index in [-0.39, 0.29) is 11.9 Å². The van der Waals surface area contributed by atoms with Gasteiger partial charge in [-0.15, -0.1) is 0 Å². The summed E-state index contributed by atoms with van der Waals surface area (Å²) in [5.74, 6) is 0.209. The number of nitrogens with zero attached hydrogens (tertiary/aromatic N) is 2. The maximum atomic E-state index is 12.2. The Hall–Kier alpha value is -1.39. The SMILES string of the molecule is CCN(CC)C(=O)CN(C)C1CNCc2ccccc21. The number of carbonyl (C=O) groups excluding carboxylic acids is 1. The van der Waals surface area contributed by atoms with Gasteiger partial charge in [0.15, 0.2) is 0 Å². The summed E-state index contributed by atoms with van der Waals surface area (Å²) >= 11 is 0. The molecule has 0 aliphatic carbocycles. The molecule has 0 saturated heterocycles. The Balaban J connectivity index is 2.07. The lowest BCUT2D eigenvalue weighted by Gasteiger charge is -2.34. The fourth-order valence-corrected chi connectivity index (χ4v) is 2.87. The number of nitrogens with one attached hydrogen (secondary N) is 1. The van der Waals surface area contributed by atoms with Gasteiger partial charge in [-0.3, -0.25) is 9.69 Å². The van der Waals surface area contributed by atoms with Gasteiger partial charge in [0.25, 0.3) is 0 Å². The van der Waals surface area contributed by atoms with Crippen molar-refractivity contribution in [3.8, 4) is 0 Å². The lowest BCUT2D eigenvalue weighted by atomic mass is 9.96. The highest BCUT2D eigenvalue weighted by Crippen LogP contribution is 2.25.